The Kier molecular flexibility index (Phi) is 11.5. The zero-order valence-electron chi connectivity index (χ0n) is 10.2. The largest absolute Gasteiger partial charge is 0.457 e. The summed E-state index contributed by atoms with van der Waals surface area (Å²) in [5, 5.41) is 0. The number of hydrogen-bond donors (Lipinski definition) is 0. The van der Waals surface area contributed by atoms with Crippen LogP contribution in [0.15, 0.2) is 54.5 Å². The van der Waals surface area contributed by atoms with E-state index < -0.39 is 0 Å². The fourth-order valence-corrected chi connectivity index (χ4v) is 0.567. The summed E-state index contributed by atoms with van der Waals surface area (Å²) < 4.78 is 5.08. The standard InChI is InChI=1S/C11H13NO2.C2H6/c1-5-6-7-9(2)14-10(3)8-12-11(4)13;1-2/h5-8H,1-3H2,4H3;1-2H3/b7-6-,12-8?;. The minimum atomic E-state index is -0.304. The first-order chi connectivity index (χ1) is 7.56. The van der Waals surface area contributed by atoms with Crippen molar-refractivity contribution in [1.82, 2.24) is 0 Å². The van der Waals surface area contributed by atoms with Crippen molar-refractivity contribution in [1.29, 1.82) is 0 Å². The van der Waals surface area contributed by atoms with Crippen LogP contribution in [-0.2, 0) is 9.53 Å². The predicted molar refractivity (Wildman–Crippen MR) is 69.2 cm³/mol. The van der Waals surface area contributed by atoms with Gasteiger partial charge in [-0.15, -0.1) is 0 Å². The van der Waals surface area contributed by atoms with Gasteiger partial charge in [0.15, 0.2) is 0 Å². The van der Waals surface area contributed by atoms with Gasteiger partial charge >= 0.3 is 0 Å². The van der Waals surface area contributed by atoms with E-state index in [-0.39, 0.29) is 11.7 Å². The highest BCUT2D eigenvalue weighted by atomic mass is 16.5. The maximum atomic E-state index is 10.5. The molecule has 0 rings (SSSR count). The van der Waals surface area contributed by atoms with E-state index in [1.165, 1.54) is 13.1 Å². The van der Waals surface area contributed by atoms with Crippen LogP contribution in [0, 0.1) is 0 Å². The molecule has 0 radical (unpaired) electrons. The quantitative estimate of drug-likeness (QED) is 0.405. The van der Waals surface area contributed by atoms with Crippen molar-refractivity contribution >= 4 is 12.1 Å². The Hall–Kier alpha value is -1.90. The summed E-state index contributed by atoms with van der Waals surface area (Å²) in [6.07, 6.45) is 6.15. The SMILES string of the molecule is C=C/C=C\C(=C)OC(=C)C=NC(C)=O.CC. The number of carbonyl (C=O) groups is 1. The molecule has 0 saturated carbocycles. The molecule has 0 aliphatic carbocycles. The van der Waals surface area contributed by atoms with Gasteiger partial charge in [0.05, 0.1) is 6.21 Å². The molecule has 1 amide bonds. The van der Waals surface area contributed by atoms with E-state index in [0.29, 0.717) is 5.76 Å². The maximum absolute atomic E-state index is 10.5. The van der Waals surface area contributed by atoms with Crippen LogP contribution in [0.1, 0.15) is 20.8 Å². The van der Waals surface area contributed by atoms with Crippen molar-refractivity contribution in [2.45, 2.75) is 20.8 Å². The summed E-state index contributed by atoms with van der Waals surface area (Å²) in [7, 11) is 0. The Labute approximate surface area is 97.5 Å². The zero-order chi connectivity index (χ0) is 13.0. The van der Waals surface area contributed by atoms with Gasteiger partial charge in [0, 0.05) is 6.92 Å². The summed E-state index contributed by atoms with van der Waals surface area (Å²) in [5.74, 6) is 0.366. The molecule has 0 N–H and O–H groups in total. The summed E-state index contributed by atoms with van der Waals surface area (Å²) in [6, 6.07) is 0. The molecule has 0 unspecified atom stereocenters. The molecule has 0 aromatic heterocycles. The van der Waals surface area contributed by atoms with E-state index in [9.17, 15) is 4.79 Å². The van der Waals surface area contributed by atoms with Gasteiger partial charge in [-0.25, -0.2) is 4.99 Å². The van der Waals surface area contributed by atoms with Crippen LogP contribution in [0.2, 0.25) is 0 Å². The van der Waals surface area contributed by atoms with Gasteiger partial charge < -0.3 is 4.74 Å². The molecule has 3 nitrogen and oxygen atoms in total. The number of hydrogen-bond acceptors (Lipinski definition) is 2. The minimum absolute atomic E-state index is 0.263. The van der Waals surface area contributed by atoms with Crippen LogP contribution in [0.4, 0.5) is 0 Å². The van der Waals surface area contributed by atoms with Crippen LogP contribution in [0.5, 0.6) is 0 Å². The van der Waals surface area contributed by atoms with E-state index >= 15 is 0 Å². The van der Waals surface area contributed by atoms with E-state index in [1.54, 1.807) is 18.2 Å². The second-order valence-corrected chi connectivity index (χ2v) is 2.41. The van der Waals surface area contributed by atoms with Gasteiger partial charge in [-0.1, -0.05) is 45.7 Å². The average molecular weight is 221 g/mol. The summed E-state index contributed by atoms with van der Waals surface area (Å²) in [5.41, 5.74) is 0. The number of nitrogens with zero attached hydrogens (tertiary/aromatic N) is 1. The molecule has 88 valence electrons. The van der Waals surface area contributed by atoms with Crippen molar-refractivity contribution in [3.05, 3.63) is 49.5 Å². The maximum Gasteiger partial charge on any atom is 0.242 e. The van der Waals surface area contributed by atoms with Crippen LogP contribution < -0.4 is 0 Å². The number of carbonyl (C=O) groups excluding carboxylic acids is 1. The fraction of sp³-hybridized carbons (Fsp3) is 0.231. The third kappa shape index (κ3) is 12.1. The molecule has 0 saturated heterocycles. The van der Waals surface area contributed by atoms with Gasteiger partial charge in [-0.2, -0.15) is 0 Å². The van der Waals surface area contributed by atoms with E-state index in [2.05, 4.69) is 24.7 Å². The molecule has 0 fully saturated rings. The molecule has 0 spiro atoms. The molecule has 0 aliphatic rings. The highest BCUT2D eigenvalue weighted by Gasteiger charge is 1.92. The van der Waals surface area contributed by atoms with Crippen LogP contribution in [-0.4, -0.2) is 12.1 Å². The highest BCUT2D eigenvalue weighted by Crippen LogP contribution is 2.02. The Bertz CT molecular complexity index is 312. The second kappa shape index (κ2) is 11.2. The van der Waals surface area contributed by atoms with Gasteiger partial charge in [0.25, 0.3) is 0 Å². The van der Waals surface area contributed by atoms with Crippen molar-refractivity contribution < 1.29 is 9.53 Å². The number of amides is 1. The Morgan fingerprint density at radius 1 is 1.25 bits per heavy atom. The van der Waals surface area contributed by atoms with Crippen molar-refractivity contribution in [3.8, 4) is 0 Å². The Morgan fingerprint density at radius 3 is 2.25 bits per heavy atom. The van der Waals surface area contributed by atoms with Gasteiger partial charge in [-0.3, -0.25) is 4.79 Å². The normalized spacial score (nSPS) is 9.44. The first-order valence-electron chi connectivity index (χ1n) is 4.95. The minimum Gasteiger partial charge on any atom is -0.457 e. The Balaban J connectivity index is 0. The van der Waals surface area contributed by atoms with Gasteiger partial charge in [-0.05, 0) is 6.08 Å². The average Bonchev–Trinajstić information content (AvgIpc) is 2.26. The number of rotatable bonds is 5. The summed E-state index contributed by atoms with van der Waals surface area (Å²) in [6.45, 7) is 16.0. The molecular weight excluding hydrogens is 202 g/mol. The number of allylic oxidation sites excluding steroid dienone is 4. The van der Waals surface area contributed by atoms with Crippen molar-refractivity contribution in [2.24, 2.45) is 4.99 Å². The summed E-state index contributed by atoms with van der Waals surface area (Å²) in [4.78, 5) is 13.9. The molecule has 16 heavy (non-hydrogen) atoms. The molecule has 0 bridgehead atoms. The lowest BCUT2D eigenvalue weighted by molar-refractivity contribution is -0.115. The van der Waals surface area contributed by atoms with Crippen LogP contribution in [0.3, 0.4) is 0 Å². The smallest absolute Gasteiger partial charge is 0.242 e. The monoisotopic (exact) mass is 221 g/mol. The fourth-order valence-electron chi connectivity index (χ4n) is 0.567. The third-order valence-electron chi connectivity index (χ3n) is 1.07. The predicted octanol–water partition coefficient (Wildman–Crippen LogP) is 3.42. The molecule has 0 aliphatic heterocycles. The highest BCUT2D eigenvalue weighted by molar-refractivity contribution is 5.88. The molecular formula is C13H19NO2. The van der Waals surface area contributed by atoms with E-state index in [1.807, 2.05) is 13.8 Å². The van der Waals surface area contributed by atoms with Gasteiger partial charge in [0.2, 0.25) is 5.91 Å². The zero-order valence-corrected chi connectivity index (χ0v) is 10.2. The van der Waals surface area contributed by atoms with Crippen molar-refractivity contribution in [2.75, 3.05) is 0 Å². The van der Waals surface area contributed by atoms with Crippen LogP contribution >= 0.6 is 0 Å². The lowest BCUT2D eigenvalue weighted by Crippen LogP contribution is -1.92. The summed E-state index contributed by atoms with van der Waals surface area (Å²) >= 11 is 0. The molecule has 0 aromatic carbocycles. The molecule has 0 atom stereocenters. The topological polar surface area (TPSA) is 38.7 Å². The molecule has 3 heteroatoms. The lowest BCUT2D eigenvalue weighted by atomic mass is 10.4. The van der Waals surface area contributed by atoms with E-state index in [0.717, 1.165) is 0 Å². The lowest BCUT2D eigenvalue weighted by Gasteiger charge is -2.02. The number of aliphatic imine (C=N–C) groups is 1. The van der Waals surface area contributed by atoms with E-state index in [4.69, 9.17) is 4.74 Å². The molecule has 0 heterocycles. The first kappa shape index (κ1) is 16.5. The molecule has 0 aromatic rings. The van der Waals surface area contributed by atoms with Crippen LogP contribution in [0.25, 0.3) is 0 Å². The number of ether oxygens (including phenoxy) is 1. The van der Waals surface area contributed by atoms with Gasteiger partial charge in [0.1, 0.15) is 11.5 Å². The Morgan fingerprint density at radius 2 is 1.81 bits per heavy atom. The first-order valence-corrected chi connectivity index (χ1v) is 4.95. The van der Waals surface area contributed by atoms with Crippen molar-refractivity contribution in [3.63, 3.8) is 0 Å². The second-order valence-electron chi connectivity index (χ2n) is 2.41. The third-order valence-corrected chi connectivity index (χ3v) is 1.07.